The summed E-state index contributed by atoms with van der Waals surface area (Å²) in [4.78, 5) is 29.2. The maximum absolute atomic E-state index is 12.8. The molecule has 0 atom stereocenters. The highest BCUT2D eigenvalue weighted by Crippen LogP contribution is 2.23. The monoisotopic (exact) mass is 408 g/mol. The third-order valence-electron chi connectivity index (χ3n) is 5.80. The van der Waals surface area contributed by atoms with Gasteiger partial charge >= 0.3 is 0 Å². The highest BCUT2D eigenvalue weighted by molar-refractivity contribution is 5.94. The number of nitrogens with zero attached hydrogens (tertiary/aromatic N) is 2. The van der Waals surface area contributed by atoms with E-state index in [1.807, 2.05) is 64.4 Å². The van der Waals surface area contributed by atoms with Crippen molar-refractivity contribution in [1.29, 1.82) is 0 Å². The van der Waals surface area contributed by atoms with Crippen molar-refractivity contribution in [3.63, 3.8) is 0 Å². The van der Waals surface area contributed by atoms with Crippen LogP contribution in [0.1, 0.15) is 28.8 Å². The molecule has 2 aromatic rings. The average molecular weight is 408 g/mol. The Bertz CT molecular complexity index is 839. The van der Waals surface area contributed by atoms with E-state index < -0.39 is 0 Å². The number of hydrogen-bond acceptors (Lipinski definition) is 4. The summed E-state index contributed by atoms with van der Waals surface area (Å²) in [5.74, 6) is 0.985. The van der Waals surface area contributed by atoms with Crippen molar-refractivity contribution in [1.82, 2.24) is 9.80 Å². The first kappa shape index (κ1) is 20.4. The second-order valence-electron chi connectivity index (χ2n) is 7.80. The van der Waals surface area contributed by atoms with E-state index in [4.69, 9.17) is 9.47 Å². The second-order valence-corrected chi connectivity index (χ2v) is 7.80. The molecular weight excluding hydrogens is 380 g/mol. The zero-order chi connectivity index (χ0) is 20.8. The van der Waals surface area contributed by atoms with Gasteiger partial charge in [0.25, 0.3) is 5.91 Å². The minimum Gasteiger partial charge on any atom is -0.489 e. The van der Waals surface area contributed by atoms with Crippen LogP contribution in [0.25, 0.3) is 0 Å². The molecule has 6 heteroatoms. The van der Waals surface area contributed by atoms with Gasteiger partial charge in [-0.05, 0) is 42.7 Å². The van der Waals surface area contributed by atoms with E-state index in [-0.39, 0.29) is 17.7 Å². The molecule has 2 amide bonds. The molecule has 2 aliphatic heterocycles. The zero-order valence-electron chi connectivity index (χ0n) is 17.2. The van der Waals surface area contributed by atoms with Gasteiger partial charge in [-0.2, -0.15) is 0 Å². The van der Waals surface area contributed by atoms with Gasteiger partial charge in [0.05, 0.1) is 13.2 Å². The Morgan fingerprint density at radius 2 is 1.53 bits per heavy atom. The average Bonchev–Trinajstić information content (AvgIpc) is 2.83. The molecule has 2 aromatic carbocycles. The fourth-order valence-electron chi connectivity index (χ4n) is 3.99. The Morgan fingerprint density at radius 3 is 2.20 bits per heavy atom. The summed E-state index contributed by atoms with van der Waals surface area (Å²) >= 11 is 0. The summed E-state index contributed by atoms with van der Waals surface area (Å²) < 4.78 is 11.1. The first-order valence-electron chi connectivity index (χ1n) is 10.6. The molecule has 4 rings (SSSR count). The van der Waals surface area contributed by atoms with Crippen LogP contribution >= 0.6 is 0 Å². The summed E-state index contributed by atoms with van der Waals surface area (Å²) in [6, 6.07) is 17.3. The largest absolute Gasteiger partial charge is 0.489 e. The van der Waals surface area contributed by atoms with E-state index in [0.717, 1.165) is 24.2 Å². The van der Waals surface area contributed by atoms with Crippen LogP contribution in [0, 0.1) is 5.92 Å². The summed E-state index contributed by atoms with van der Waals surface area (Å²) in [5, 5.41) is 0. The topological polar surface area (TPSA) is 59.1 Å². The standard InChI is InChI=1S/C24H28N2O4/c27-23(20-6-8-22(9-7-20)30-18-19-4-2-1-3-5-19)25-12-10-21(11-13-25)24(28)26-14-16-29-17-15-26/h1-9,21H,10-18H2. The van der Waals surface area contributed by atoms with Gasteiger partial charge in [-0.25, -0.2) is 0 Å². The normalized spacial score (nSPS) is 17.6. The van der Waals surface area contributed by atoms with Crippen molar-refractivity contribution in [2.75, 3.05) is 39.4 Å². The van der Waals surface area contributed by atoms with E-state index in [1.54, 1.807) is 0 Å². The maximum atomic E-state index is 12.8. The number of morpholine rings is 1. The molecule has 0 spiro atoms. The lowest BCUT2D eigenvalue weighted by atomic mass is 9.94. The molecule has 0 aliphatic carbocycles. The zero-order valence-corrected chi connectivity index (χ0v) is 17.2. The van der Waals surface area contributed by atoms with Gasteiger partial charge in [0.1, 0.15) is 12.4 Å². The third-order valence-corrected chi connectivity index (χ3v) is 5.80. The second kappa shape index (κ2) is 9.76. The van der Waals surface area contributed by atoms with E-state index in [2.05, 4.69) is 0 Å². The number of piperidine rings is 1. The van der Waals surface area contributed by atoms with Crippen molar-refractivity contribution in [2.24, 2.45) is 5.92 Å². The SMILES string of the molecule is O=C(c1ccc(OCc2ccccc2)cc1)N1CCC(C(=O)N2CCOCC2)CC1. The lowest BCUT2D eigenvalue weighted by Crippen LogP contribution is -2.47. The Hall–Kier alpha value is -2.86. The third kappa shape index (κ3) is 5.00. The van der Waals surface area contributed by atoms with Gasteiger partial charge in [-0.1, -0.05) is 30.3 Å². The fourth-order valence-corrected chi connectivity index (χ4v) is 3.99. The molecule has 6 nitrogen and oxygen atoms in total. The minimum atomic E-state index is 0.0147. The van der Waals surface area contributed by atoms with Crippen molar-refractivity contribution in [3.05, 3.63) is 65.7 Å². The molecule has 0 unspecified atom stereocenters. The molecule has 30 heavy (non-hydrogen) atoms. The molecule has 2 aliphatic rings. The van der Waals surface area contributed by atoms with Crippen molar-refractivity contribution in [2.45, 2.75) is 19.4 Å². The molecule has 2 saturated heterocycles. The van der Waals surface area contributed by atoms with Gasteiger partial charge in [0, 0.05) is 37.7 Å². The smallest absolute Gasteiger partial charge is 0.253 e. The Labute approximate surface area is 177 Å². The van der Waals surface area contributed by atoms with Crippen LogP contribution in [0.5, 0.6) is 5.75 Å². The molecular formula is C24H28N2O4. The van der Waals surface area contributed by atoms with Crippen LogP contribution in [-0.2, 0) is 16.1 Å². The van der Waals surface area contributed by atoms with E-state index in [1.165, 1.54) is 0 Å². The van der Waals surface area contributed by atoms with Crippen molar-refractivity contribution < 1.29 is 19.1 Å². The predicted octanol–water partition coefficient (Wildman–Crippen LogP) is 2.98. The summed E-state index contributed by atoms with van der Waals surface area (Å²) in [5.41, 5.74) is 1.76. The molecule has 0 bridgehead atoms. The number of carbonyl (C=O) groups is 2. The number of carbonyl (C=O) groups excluding carboxylic acids is 2. The Balaban J connectivity index is 1.27. The first-order chi connectivity index (χ1) is 14.7. The Kier molecular flexibility index (Phi) is 6.64. The summed E-state index contributed by atoms with van der Waals surface area (Å²) in [6.07, 6.45) is 1.44. The van der Waals surface area contributed by atoms with Crippen molar-refractivity contribution in [3.8, 4) is 5.75 Å². The number of likely N-dealkylation sites (tertiary alicyclic amines) is 1. The van der Waals surface area contributed by atoms with Crippen molar-refractivity contribution >= 4 is 11.8 Å². The molecule has 2 fully saturated rings. The van der Waals surface area contributed by atoms with Crippen LogP contribution in [0.15, 0.2) is 54.6 Å². The number of amides is 2. The molecule has 2 heterocycles. The van der Waals surface area contributed by atoms with Crippen LogP contribution < -0.4 is 4.74 Å². The summed E-state index contributed by atoms with van der Waals surface area (Å²) in [7, 11) is 0. The quantitative estimate of drug-likeness (QED) is 0.763. The van der Waals surface area contributed by atoms with Crippen LogP contribution in [0.3, 0.4) is 0 Å². The van der Waals surface area contributed by atoms with Gasteiger partial charge in [-0.15, -0.1) is 0 Å². The van der Waals surface area contributed by atoms with Gasteiger partial charge < -0.3 is 19.3 Å². The van der Waals surface area contributed by atoms with E-state index >= 15 is 0 Å². The fraction of sp³-hybridized carbons (Fsp3) is 0.417. The number of rotatable bonds is 5. The predicted molar refractivity (Wildman–Crippen MR) is 113 cm³/mol. The molecule has 0 radical (unpaired) electrons. The lowest BCUT2D eigenvalue weighted by Gasteiger charge is -2.35. The lowest BCUT2D eigenvalue weighted by molar-refractivity contribution is -0.141. The Morgan fingerprint density at radius 1 is 0.867 bits per heavy atom. The molecule has 158 valence electrons. The van der Waals surface area contributed by atoms with E-state index in [0.29, 0.717) is 51.6 Å². The molecule has 0 N–H and O–H groups in total. The maximum Gasteiger partial charge on any atom is 0.253 e. The summed E-state index contributed by atoms with van der Waals surface area (Å²) in [6.45, 7) is 4.33. The highest BCUT2D eigenvalue weighted by atomic mass is 16.5. The van der Waals surface area contributed by atoms with Crippen LogP contribution in [0.2, 0.25) is 0 Å². The number of ether oxygens (including phenoxy) is 2. The van der Waals surface area contributed by atoms with Crippen LogP contribution in [-0.4, -0.2) is 61.0 Å². The highest BCUT2D eigenvalue weighted by Gasteiger charge is 2.31. The minimum absolute atomic E-state index is 0.0147. The van der Waals surface area contributed by atoms with Gasteiger partial charge in [0.2, 0.25) is 5.91 Å². The number of benzene rings is 2. The van der Waals surface area contributed by atoms with Gasteiger partial charge in [-0.3, -0.25) is 9.59 Å². The van der Waals surface area contributed by atoms with E-state index in [9.17, 15) is 9.59 Å². The molecule has 0 saturated carbocycles. The van der Waals surface area contributed by atoms with Gasteiger partial charge in [0.15, 0.2) is 0 Å². The first-order valence-corrected chi connectivity index (χ1v) is 10.6. The van der Waals surface area contributed by atoms with Crippen LogP contribution in [0.4, 0.5) is 0 Å². The molecule has 0 aromatic heterocycles. The number of hydrogen-bond donors (Lipinski definition) is 0.